The van der Waals surface area contributed by atoms with Gasteiger partial charge in [-0.2, -0.15) is 0 Å². The van der Waals surface area contributed by atoms with E-state index in [2.05, 4.69) is 85.9 Å². The smallest absolute Gasteiger partial charge is 0.0414 e. The molecule has 1 unspecified atom stereocenters. The lowest BCUT2D eigenvalue weighted by Crippen LogP contribution is -2.37. The first-order chi connectivity index (χ1) is 9.28. The minimum atomic E-state index is 0.132. The van der Waals surface area contributed by atoms with Crippen molar-refractivity contribution in [2.45, 2.75) is 66.1 Å². The number of rotatable bonds is 6. The molecule has 0 aliphatic carbocycles. The molecule has 1 aromatic rings. The molecular formula is C17H29BrN2. The molecule has 0 aliphatic heterocycles. The largest absolute Gasteiger partial charge is 0.369 e. The first-order valence-electron chi connectivity index (χ1n) is 7.58. The summed E-state index contributed by atoms with van der Waals surface area (Å²) in [6.07, 6.45) is 1.16. The molecule has 0 aliphatic rings. The first-order valence-corrected chi connectivity index (χ1v) is 8.37. The Kier molecular flexibility index (Phi) is 6.53. The molecule has 3 heteroatoms. The summed E-state index contributed by atoms with van der Waals surface area (Å²) in [6, 6.07) is 7.18. The summed E-state index contributed by atoms with van der Waals surface area (Å²) >= 11 is 3.60. The van der Waals surface area contributed by atoms with E-state index in [0.29, 0.717) is 6.04 Å². The van der Waals surface area contributed by atoms with Gasteiger partial charge in [0.05, 0.1) is 0 Å². The van der Waals surface area contributed by atoms with Gasteiger partial charge >= 0.3 is 0 Å². The van der Waals surface area contributed by atoms with Gasteiger partial charge < -0.3 is 10.2 Å². The molecule has 0 spiro atoms. The van der Waals surface area contributed by atoms with Crippen LogP contribution in [-0.2, 0) is 6.54 Å². The number of nitrogens with one attached hydrogen (secondary N) is 1. The standard InChI is InChI=1S/C17H29BrN2/c1-7-13(3)20(8-2)16-10-9-15(18)11-14(16)12-19-17(4,5)6/h9-11,13,19H,7-8,12H2,1-6H3. The van der Waals surface area contributed by atoms with Gasteiger partial charge in [0.2, 0.25) is 0 Å². The summed E-state index contributed by atoms with van der Waals surface area (Å²) in [6.45, 7) is 15.3. The van der Waals surface area contributed by atoms with Crippen LogP contribution in [0.3, 0.4) is 0 Å². The molecule has 1 rings (SSSR count). The lowest BCUT2D eigenvalue weighted by Gasteiger charge is -2.32. The maximum Gasteiger partial charge on any atom is 0.0414 e. The molecule has 1 atom stereocenters. The summed E-state index contributed by atoms with van der Waals surface area (Å²) in [5, 5.41) is 3.59. The first kappa shape index (κ1) is 17.5. The SMILES string of the molecule is CCC(C)N(CC)c1ccc(Br)cc1CNC(C)(C)C. The van der Waals surface area contributed by atoms with E-state index in [4.69, 9.17) is 0 Å². The highest BCUT2D eigenvalue weighted by Gasteiger charge is 2.16. The van der Waals surface area contributed by atoms with Crippen molar-refractivity contribution < 1.29 is 0 Å². The van der Waals surface area contributed by atoms with Crippen LogP contribution in [0.4, 0.5) is 5.69 Å². The molecular weight excluding hydrogens is 312 g/mol. The fourth-order valence-electron chi connectivity index (χ4n) is 2.28. The van der Waals surface area contributed by atoms with E-state index in [9.17, 15) is 0 Å². The van der Waals surface area contributed by atoms with E-state index < -0.39 is 0 Å². The lowest BCUT2D eigenvalue weighted by molar-refractivity contribution is 0.424. The normalized spacial score (nSPS) is 13.3. The van der Waals surface area contributed by atoms with Crippen LogP contribution in [-0.4, -0.2) is 18.1 Å². The maximum atomic E-state index is 3.60. The highest BCUT2D eigenvalue weighted by molar-refractivity contribution is 9.10. The van der Waals surface area contributed by atoms with Gasteiger partial charge in [-0.1, -0.05) is 22.9 Å². The zero-order valence-corrected chi connectivity index (χ0v) is 15.3. The molecule has 0 aromatic heterocycles. The van der Waals surface area contributed by atoms with Crippen molar-refractivity contribution in [3.8, 4) is 0 Å². The van der Waals surface area contributed by atoms with Gasteiger partial charge in [0, 0.05) is 34.8 Å². The fourth-order valence-corrected chi connectivity index (χ4v) is 2.68. The number of nitrogens with zero attached hydrogens (tertiary/aromatic N) is 1. The third-order valence-corrected chi connectivity index (χ3v) is 4.12. The van der Waals surface area contributed by atoms with E-state index in [1.54, 1.807) is 0 Å². The van der Waals surface area contributed by atoms with Gasteiger partial charge in [0.1, 0.15) is 0 Å². The van der Waals surface area contributed by atoms with Gasteiger partial charge in [-0.3, -0.25) is 0 Å². The fraction of sp³-hybridized carbons (Fsp3) is 0.647. The summed E-state index contributed by atoms with van der Waals surface area (Å²) in [4.78, 5) is 2.49. The number of benzene rings is 1. The predicted molar refractivity (Wildman–Crippen MR) is 93.5 cm³/mol. The Hall–Kier alpha value is -0.540. The summed E-state index contributed by atoms with van der Waals surface area (Å²) in [5.74, 6) is 0. The van der Waals surface area contributed by atoms with Crippen LogP contribution in [0, 0.1) is 0 Å². The summed E-state index contributed by atoms with van der Waals surface area (Å²) in [5.41, 5.74) is 2.84. The number of hydrogen-bond acceptors (Lipinski definition) is 2. The maximum absolute atomic E-state index is 3.60. The van der Waals surface area contributed by atoms with Crippen LogP contribution in [0.2, 0.25) is 0 Å². The second-order valence-electron chi connectivity index (χ2n) is 6.42. The Balaban J connectivity index is 3.05. The minimum absolute atomic E-state index is 0.132. The number of halogens is 1. The molecule has 0 saturated carbocycles. The van der Waals surface area contributed by atoms with Gasteiger partial charge in [0.25, 0.3) is 0 Å². The average molecular weight is 341 g/mol. The van der Waals surface area contributed by atoms with Crippen molar-refractivity contribution in [3.05, 3.63) is 28.2 Å². The Morgan fingerprint density at radius 3 is 2.40 bits per heavy atom. The highest BCUT2D eigenvalue weighted by Crippen LogP contribution is 2.27. The molecule has 114 valence electrons. The predicted octanol–water partition coefficient (Wildman–Crippen LogP) is 4.96. The lowest BCUT2D eigenvalue weighted by atomic mass is 10.1. The van der Waals surface area contributed by atoms with Gasteiger partial charge in [0.15, 0.2) is 0 Å². The molecule has 1 aromatic carbocycles. The molecule has 0 saturated heterocycles. The summed E-state index contributed by atoms with van der Waals surface area (Å²) < 4.78 is 1.15. The molecule has 0 fully saturated rings. The topological polar surface area (TPSA) is 15.3 Å². The third-order valence-electron chi connectivity index (χ3n) is 3.62. The van der Waals surface area contributed by atoms with E-state index in [1.165, 1.54) is 11.3 Å². The van der Waals surface area contributed by atoms with Crippen LogP contribution in [0.25, 0.3) is 0 Å². The third kappa shape index (κ3) is 5.10. The molecule has 1 N–H and O–H groups in total. The van der Waals surface area contributed by atoms with Crippen LogP contribution in [0.5, 0.6) is 0 Å². The van der Waals surface area contributed by atoms with Crippen LogP contribution < -0.4 is 10.2 Å². The summed E-state index contributed by atoms with van der Waals surface area (Å²) in [7, 11) is 0. The Morgan fingerprint density at radius 2 is 1.90 bits per heavy atom. The molecule has 0 radical (unpaired) electrons. The molecule has 2 nitrogen and oxygen atoms in total. The quantitative estimate of drug-likeness (QED) is 0.786. The van der Waals surface area contributed by atoms with E-state index in [1.807, 2.05) is 0 Å². The van der Waals surface area contributed by atoms with Crippen molar-refractivity contribution in [1.82, 2.24) is 5.32 Å². The van der Waals surface area contributed by atoms with Gasteiger partial charge in [-0.15, -0.1) is 0 Å². The van der Waals surface area contributed by atoms with E-state index in [-0.39, 0.29) is 5.54 Å². The second-order valence-corrected chi connectivity index (χ2v) is 7.34. The van der Waals surface area contributed by atoms with Crippen LogP contribution in [0.15, 0.2) is 22.7 Å². The van der Waals surface area contributed by atoms with Gasteiger partial charge in [-0.05, 0) is 64.8 Å². The van der Waals surface area contributed by atoms with Gasteiger partial charge in [-0.25, -0.2) is 0 Å². The van der Waals surface area contributed by atoms with Crippen molar-refractivity contribution in [2.75, 3.05) is 11.4 Å². The van der Waals surface area contributed by atoms with E-state index >= 15 is 0 Å². The Labute approximate surface area is 133 Å². The monoisotopic (exact) mass is 340 g/mol. The van der Waals surface area contributed by atoms with E-state index in [0.717, 1.165) is 24.0 Å². The van der Waals surface area contributed by atoms with Crippen molar-refractivity contribution in [2.24, 2.45) is 0 Å². The Bertz CT molecular complexity index is 423. The van der Waals surface area contributed by atoms with Crippen molar-refractivity contribution in [1.29, 1.82) is 0 Å². The molecule has 0 heterocycles. The zero-order valence-electron chi connectivity index (χ0n) is 13.8. The van der Waals surface area contributed by atoms with Crippen molar-refractivity contribution >= 4 is 21.6 Å². The average Bonchev–Trinajstić information content (AvgIpc) is 2.38. The second kappa shape index (κ2) is 7.46. The molecule has 0 amide bonds. The van der Waals surface area contributed by atoms with Crippen LogP contribution >= 0.6 is 15.9 Å². The number of anilines is 1. The Morgan fingerprint density at radius 1 is 1.25 bits per heavy atom. The zero-order chi connectivity index (χ0) is 15.3. The minimum Gasteiger partial charge on any atom is -0.369 e. The molecule has 0 bridgehead atoms. The number of hydrogen-bond donors (Lipinski definition) is 1. The highest BCUT2D eigenvalue weighted by atomic mass is 79.9. The molecule has 20 heavy (non-hydrogen) atoms. The van der Waals surface area contributed by atoms with Crippen LogP contribution in [0.1, 0.15) is 53.5 Å². The van der Waals surface area contributed by atoms with Crippen molar-refractivity contribution in [3.63, 3.8) is 0 Å².